The molecule has 2 rings (SSSR count). The van der Waals surface area contributed by atoms with Crippen molar-refractivity contribution in [2.24, 2.45) is 0 Å². The lowest BCUT2D eigenvalue weighted by atomic mass is 10.1. The van der Waals surface area contributed by atoms with E-state index in [-0.39, 0.29) is 17.2 Å². The van der Waals surface area contributed by atoms with Crippen LogP contribution >= 0.6 is 11.6 Å². The molecule has 0 spiro atoms. The lowest BCUT2D eigenvalue weighted by Gasteiger charge is -1.98. The van der Waals surface area contributed by atoms with Crippen molar-refractivity contribution < 1.29 is 19.2 Å². The number of aromatic nitrogens is 1. The Labute approximate surface area is 113 Å². The van der Waals surface area contributed by atoms with Crippen LogP contribution in [0.1, 0.15) is 34.7 Å². The van der Waals surface area contributed by atoms with Crippen LogP contribution in [-0.2, 0) is 4.79 Å². The van der Waals surface area contributed by atoms with Gasteiger partial charge in [0.15, 0.2) is 11.5 Å². The van der Waals surface area contributed by atoms with Crippen LogP contribution < -0.4 is 0 Å². The zero-order valence-electron chi connectivity index (χ0n) is 9.96. The van der Waals surface area contributed by atoms with Gasteiger partial charge in [-0.05, 0) is 31.2 Å². The topological polar surface area (TPSA) is 80.4 Å². The summed E-state index contributed by atoms with van der Waals surface area (Å²) >= 11 is 5.73. The summed E-state index contributed by atoms with van der Waals surface area (Å²) in [6.45, 7) is 1.46. The third-order valence-corrected chi connectivity index (χ3v) is 2.92. The highest BCUT2D eigenvalue weighted by molar-refractivity contribution is 6.30. The van der Waals surface area contributed by atoms with Gasteiger partial charge in [0.2, 0.25) is 5.78 Å². The summed E-state index contributed by atoms with van der Waals surface area (Å²) in [7, 11) is 0. The van der Waals surface area contributed by atoms with Crippen LogP contribution in [-0.4, -0.2) is 22.0 Å². The van der Waals surface area contributed by atoms with E-state index in [9.17, 15) is 9.59 Å². The van der Waals surface area contributed by atoms with E-state index < -0.39 is 11.9 Å². The van der Waals surface area contributed by atoms with Crippen molar-refractivity contribution >= 4 is 23.4 Å². The van der Waals surface area contributed by atoms with Crippen molar-refractivity contribution in [3.63, 3.8) is 0 Å². The second-order valence-corrected chi connectivity index (χ2v) is 4.45. The first-order valence-corrected chi connectivity index (χ1v) is 5.86. The van der Waals surface area contributed by atoms with Crippen molar-refractivity contribution in [1.82, 2.24) is 5.16 Å². The van der Waals surface area contributed by atoms with Gasteiger partial charge in [0, 0.05) is 16.7 Å². The number of halogens is 1. The molecule has 5 nitrogen and oxygen atoms in total. The Morgan fingerprint density at radius 2 is 1.95 bits per heavy atom. The maximum absolute atomic E-state index is 12.1. The number of ketones is 1. The van der Waals surface area contributed by atoms with Crippen molar-refractivity contribution in [3.8, 4) is 0 Å². The van der Waals surface area contributed by atoms with Crippen molar-refractivity contribution in [1.29, 1.82) is 0 Å². The number of aliphatic carboxylic acids is 1. The molecule has 1 unspecified atom stereocenters. The monoisotopic (exact) mass is 279 g/mol. The van der Waals surface area contributed by atoms with E-state index in [1.54, 1.807) is 24.3 Å². The Morgan fingerprint density at radius 1 is 1.32 bits per heavy atom. The molecule has 0 saturated heterocycles. The Kier molecular flexibility index (Phi) is 3.66. The minimum Gasteiger partial charge on any atom is -0.481 e. The Bertz CT molecular complexity index is 618. The van der Waals surface area contributed by atoms with Crippen LogP contribution in [0.25, 0.3) is 0 Å². The number of rotatable bonds is 4. The molecule has 6 heteroatoms. The average molecular weight is 280 g/mol. The van der Waals surface area contributed by atoms with Gasteiger partial charge in [0.05, 0.1) is 0 Å². The van der Waals surface area contributed by atoms with Crippen LogP contribution in [0.15, 0.2) is 34.9 Å². The molecule has 1 aromatic heterocycles. The number of hydrogen-bond donors (Lipinski definition) is 1. The number of carboxylic acids is 1. The summed E-state index contributed by atoms with van der Waals surface area (Å²) < 4.78 is 4.88. The van der Waals surface area contributed by atoms with E-state index in [1.165, 1.54) is 13.0 Å². The molecular formula is C13H10ClNO4. The standard InChI is InChI=1S/C13H10ClNO4/c1-7(13(17)18)11-6-10(15-19-11)12(16)8-2-4-9(14)5-3-8/h2-7H,1H3,(H,17,18). The second-order valence-electron chi connectivity index (χ2n) is 4.01. The molecule has 1 atom stereocenters. The first-order valence-electron chi connectivity index (χ1n) is 5.48. The smallest absolute Gasteiger partial charge is 0.314 e. The highest BCUT2D eigenvalue weighted by atomic mass is 35.5. The summed E-state index contributed by atoms with van der Waals surface area (Å²) in [6, 6.07) is 7.67. The van der Waals surface area contributed by atoms with Gasteiger partial charge in [-0.2, -0.15) is 0 Å². The molecule has 0 aliphatic carbocycles. The molecule has 0 saturated carbocycles. The van der Waals surface area contributed by atoms with Crippen molar-refractivity contribution in [3.05, 3.63) is 52.4 Å². The molecule has 0 fully saturated rings. The minimum atomic E-state index is -1.04. The van der Waals surface area contributed by atoms with E-state index in [1.807, 2.05) is 0 Å². The Morgan fingerprint density at radius 3 is 2.53 bits per heavy atom. The highest BCUT2D eigenvalue weighted by Gasteiger charge is 2.22. The first-order chi connectivity index (χ1) is 8.99. The van der Waals surface area contributed by atoms with Gasteiger partial charge in [0.1, 0.15) is 5.92 Å². The second kappa shape index (κ2) is 5.24. The summed E-state index contributed by atoms with van der Waals surface area (Å²) in [6.07, 6.45) is 0. The van der Waals surface area contributed by atoms with E-state index in [0.717, 1.165) is 0 Å². The molecule has 0 aliphatic heterocycles. The summed E-state index contributed by atoms with van der Waals surface area (Å²) in [5.41, 5.74) is 0.484. The molecule has 1 N–H and O–H groups in total. The van der Waals surface area contributed by atoms with Gasteiger partial charge in [-0.15, -0.1) is 0 Å². The lowest BCUT2D eigenvalue weighted by molar-refractivity contribution is -0.138. The van der Waals surface area contributed by atoms with Gasteiger partial charge >= 0.3 is 5.97 Å². The predicted octanol–water partition coefficient (Wildman–Crippen LogP) is 2.75. The lowest BCUT2D eigenvalue weighted by Crippen LogP contribution is -2.06. The number of carbonyl (C=O) groups is 2. The van der Waals surface area contributed by atoms with Gasteiger partial charge in [-0.1, -0.05) is 16.8 Å². The zero-order chi connectivity index (χ0) is 14.0. The van der Waals surface area contributed by atoms with E-state index in [2.05, 4.69) is 5.16 Å². The number of benzene rings is 1. The SMILES string of the molecule is CC(C(=O)O)c1cc(C(=O)c2ccc(Cl)cc2)no1. The maximum Gasteiger partial charge on any atom is 0.314 e. The summed E-state index contributed by atoms with van der Waals surface area (Å²) in [4.78, 5) is 22.8. The van der Waals surface area contributed by atoms with Gasteiger partial charge in [-0.25, -0.2) is 0 Å². The number of hydrogen-bond acceptors (Lipinski definition) is 4. The number of nitrogens with zero attached hydrogens (tertiary/aromatic N) is 1. The quantitative estimate of drug-likeness (QED) is 0.870. The van der Waals surface area contributed by atoms with E-state index >= 15 is 0 Å². The molecular weight excluding hydrogens is 270 g/mol. The highest BCUT2D eigenvalue weighted by Crippen LogP contribution is 2.19. The van der Waals surface area contributed by atoms with Crippen LogP contribution in [0.3, 0.4) is 0 Å². The minimum absolute atomic E-state index is 0.0745. The van der Waals surface area contributed by atoms with E-state index in [4.69, 9.17) is 21.2 Å². The fourth-order valence-corrected chi connectivity index (χ4v) is 1.60. The third kappa shape index (κ3) is 2.82. The molecule has 0 amide bonds. The first kappa shape index (κ1) is 13.3. The predicted molar refractivity (Wildman–Crippen MR) is 67.4 cm³/mol. The average Bonchev–Trinajstić information content (AvgIpc) is 2.87. The fraction of sp³-hybridized carbons (Fsp3) is 0.154. The van der Waals surface area contributed by atoms with Gasteiger partial charge in [-0.3, -0.25) is 9.59 Å². The van der Waals surface area contributed by atoms with Crippen LogP contribution in [0, 0.1) is 0 Å². The number of carbonyl (C=O) groups excluding carboxylic acids is 1. The molecule has 0 aliphatic rings. The molecule has 1 aromatic carbocycles. The summed E-state index contributed by atoms with van der Waals surface area (Å²) in [5, 5.41) is 13.0. The normalized spacial score (nSPS) is 12.1. The van der Waals surface area contributed by atoms with Gasteiger partial charge in [0.25, 0.3) is 0 Å². The van der Waals surface area contributed by atoms with Crippen LogP contribution in [0.2, 0.25) is 5.02 Å². The third-order valence-electron chi connectivity index (χ3n) is 2.66. The fourth-order valence-electron chi connectivity index (χ4n) is 1.47. The Hall–Kier alpha value is -2.14. The Balaban J connectivity index is 2.25. The molecule has 98 valence electrons. The van der Waals surface area contributed by atoms with Gasteiger partial charge < -0.3 is 9.63 Å². The van der Waals surface area contributed by atoms with Crippen LogP contribution in [0.5, 0.6) is 0 Å². The largest absolute Gasteiger partial charge is 0.481 e. The number of carboxylic acid groups (broad SMARTS) is 1. The van der Waals surface area contributed by atoms with E-state index in [0.29, 0.717) is 10.6 Å². The van der Waals surface area contributed by atoms with Crippen LogP contribution in [0.4, 0.5) is 0 Å². The zero-order valence-corrected chi connectivity index (χ0v) is 10.7. The van der Waals surface area contributed by atoms with Crippen molar-refractivity contribution in [2.75, 3.05) is 0 Å². The molecule has 0 bridgehead atoms. The van der Waals surface area contributed by atoms with Crippen molar-refractivity contribution in [2.45, 2.75) is 12.8 Å². The summed E-state index contributed by atoms with van der Waals surface area (Å²) in [5.74, 6) is -2.09. The molecule has 2 aromatic rings. The maximum atomic E-state index is 12.1. The molecule has 19 heavy (non-hydrogen) atoms. The molecule has 1 heterocycles. The molecule has 0 radical (unpaired) electrons.